The van der Waals surface area contributed by atoms with Crippen molar-refractivity contribution in [3.63, 3.8) is 0 Å². The van der Waals surface area contributed by atoms with Crippen molar-refractivity contribution in [2.75, 3.05) is 44.6 Å². The molecule has 1 amide bonds. The minimum Gasteiger partial charge on any atom is -0.396 e. The number of hydrogen-bond acceptors (Lipinski definition) is 7. The molecule has 2 aromatic heterocycles. The fraction of sp³-hybridized carbons (Fsp3) is 0.667. The smallest absolute Gasteiger partial charge is 0.264 e. The first kappa shape index (κ1) is 24.7. The Kier molecular flexibility index (Phi) is 8.00. The maximum absolute atomic E-state index is 13.5. The molecule has 8 heteroatoms. The largest absolute Gasteiger partial charge is 0.396 e. The zero-order valence-electron chi connectivity index (χ0n) is 21.0. The number of hydrogen-bond donors (Lipinski definition) is 2. The minimum absolute atomic E-state index is 0.133. The third-order valence-corrected chi connectivity index (χ3v) is 9.31. The fourth-order valence-corrected chi connectivity index (χ4v) is 7.16. The van der Waals surface area contributed by atoms with Gasteiger partial charge in [-0.1, -0.05) is 11.6 Å². The number of rotatable bonds is 7. The summed E-state index contributed by atoms with van der Waals surface area (Å²) >= 11 is 1.50. The summed E-state index contributed by atoms with van der Waals surface area (Å²) in [4.78, 5) is 28.8. The second-order valence-electron chi connectivity index (χ2n) is 10.5. The third kappa shape index (κ3) is 5.54. The molecule has 1 atom stereocenters. The van der Waals surface area contributed by atoms with Crippen LogP contribution in [0.4, 0.5) is 5.82 Å². The number of allylic oxidation sites excluding steroid dienone is 1. The van der Waals surface area contributed by atoms with E-state index in [-0.39, 0.29) is 12.5 Å². The van der Waals surface area contributed by atoms with Gasteiger partial charge in [0, 0.05) is 38.8 Å². The molecule has 3 aliphatic rings. The second-order valence-corrected chi connectivity index (χ2v) is 11.5. The van der Waals surface area contributed by atoms with Crippen LogP contribution < -0.4 is 5.32 Å². The number of piperidine rings is 2. The Balaban J connectivity index is 1.22. The molecular weight excluding hydrogens is 458 g/mol. The van der Waals surface area contributed by atoms with Crippen LogP contribution >= 0.6 is 11.3 Å². The molecule has 0 saturated carbocycles. The lowest BCUT2D eigenvalue weighted by molar-refractivity contribution is 0.0457. The normalized spacial score (nSPS) is 22.4. The molecule has 35 heavy (non-hydrogen) atoms. The average molecular weight is 498 g/mol. The maximum Gasteiger partial charge on any atom is 0.264 e. The van der Waals surface area contributed by atoms with Crippen molar-refractivity contribution in [1.82, 2.24) is 19.8 Å². The molecule has 0 bridgehead atoms. The number of carbonyl (C=O) groups is 1. The maximum atomic E-state index is 13.5. The molecule has 2 aliphatic heterocycles. The number of amides is 1. The predicted octanol–water partition coefficient (Wildman–Crippen LogP) is 4.61. The summed E-state index contributed by atoms with van der Waals surface area (Å²) in [5, 5.41) is 14.1. The van der Waals surface area contributed by atoms with Crippen molar-refractivity contribution in [2.24, 2.45) is 5.92 Å². The molecule has 0 spiro atoms. The fourth-order valence-electron chi connectivity index (χ4n) is 6.04. The van der Waals surface area contributed by atoms with E-state index in [2.05, 4.69) is 26.3 Å². The highest BCUT2D eigenvalue weighted by molar-refractivity contribution is 7.20. The number of fused-ring (bicyclic) bond motifs is 1. The summed E-state index contributed by atoms with van der Waals surface area (Å²) in [5.41, 5.74) is 2.55. The Labute approximate surface area is 212 Å². The van der Waals surface area contributed by atoms with Crippen LogP contribution in [0.5, 0.6) is 0 Å². The van der Waals surface area contributed by atoms with E-state index in [1.165, 1.54) is 43.4 Å². The molecule has 2 aromatic rings. The second kappa shape index (κ2) is 11.4. The molecule has 0 radical (unpaired) electrons. The van der Waals surface area contributed by atoms with E-state index in [4.69, 9.17) is 0 Å². The number of thiophene rings is 1. The number of likely N-dealkylation sites (tertiary alicyclic amines) is 2. The van der Waals surface area contributed by atoms with Crippen LogP contribution in [0.2, 0.25) is 0 Å². The first-order chi connectivity index (χ1) is 17.1. The van der Waals surface area contributed by atoms with Gasteiger partial charge in [0.1, 0.15) is 17.0 Å². The third-order valence-electron chi connectivity index (χ3n) is 8.12. The van der Waals surface area contributed by atoms with Crippen LogP contribution in [-0.4, -0.2) is 76.2 Å². The van der Waals surface area contributed by atoms with E-state index >= 15 is 0 Å². The molecule has 0 unspecified atom stereocenters. The Hall–Kier alpha value is -2.03. The molecular formula is C27H39N5O2S. The van der Waals surface area contributed by atoms with E-state index in [0.29, 0.717) is 12.0 Å². The lowest BCUT2D eigenvalue weighted by Crippen LogP contribution is -2.50. The van der Waals surface area contributed by atoms with E-state index in [1.54, 1.807) is 11.9 Å². The first-order valence-corrected chi connectivity index (χ1v) is 14.3. The van der Waals surface area contributed by atoms with Gasteiger partial charge in [-0.05, 0) is 82.7 Å². The van der Waals surface area contributed by atoms with Gasteiger partial charge in [-0.2, -0.15) is 0 Å². The summed E-state index contributed by atoms with van der Waals surface area (Å²) in [5.74, 6) is 1.39. The van der Waals surface area contributed by atoms with Gasteiger partial charge in [0.05, 0.1) is 10.3 Å². The highest BCUT2D eigenvalue weighted by Gasteiger charge is 2.31. The van der Waals surface area contributed by atoms with Crippen LogP contribution in [0.3, 0.4) is 0 Å². The SMILES string of the molecule is Cc1c(C(=O)N2CCC(N3CCC[C@@H](CO)C3)CC2)sc2ncnc(NCCC3=CCCCC3)c12. The van der Waals surface area contributed by atoms with Gasteiger partial charge < -0.3 is 15.3 Å². The number of nitrogens with zero attached hydrogens (tertiary/aromatic N) is 4. The lowest BCUT2D eigenvalue weighted by atomic mass is 9.94. The average Bonchev–Trinajstić information content (AvgIpc) is 3.26. The van der Waals surface area contributed by atoms with Crippen molar-refractivity contribution in [1.29, 1.82) is 0 Å². The summed E-state index contributed by atoms with van der Waals surface area (Å²) < 4.78 is 0. The van der Waals surface area contributed by atoms with Crippen LogP contribution in [0.1, 0.15) is 73.0 Å². The Morgan fingerprint density at radius 3 is 2.80 bits per heavy atom. The van der Waals surface area contributed by atoms with Gasteiger partial charge in [-0.3, -0.25) is 9.69 Å². The van der Waals surface area contributed by atoms with E-state index in [1.807, 2.05) is 11.8 Å². The first-order valence-electron chi connectivity index (χ1n) is 13.4. The number of nitrogens with one attached hydrogen (secondary N) is 1. The highest BCUT2D eigenvalue weighted by Crippen LogP contribution is 2.35. The molecule has 7 nitrogen and oxygen atoms in total. The van der Waals surface area contributed by atoms with E-state index < -0.39 is 0 Å². The predicted molar refractivity (Wildman–Crippen MR) is 142 cm³/mol. The molecule has 4 heterocycles. The zero-order valence-corrected chi connectivity index (χ0v) is 21.8. The van der Waals surface area contributed by atoms with Gasteiger partial charge in [-0.25, -0.2) is 9.97 Å². The number of aromatic nitrogens is 2. The van der Waals surface area contributed by atoms with E-state index in [9.17, 15) is 9.90 Å². The van der Waals surface area contributed by atoms with Crippen LogP contribution in [0.25, 0.3) is 10.2 Å². The number of aliphatic hydroxyl groups excluding tert-OH is 1. The summed E-state index contributed by atoms with van der Waals surface area (Å²) in [6, 6.07) is 0.526. The zero-order chi connectivity index (χ0) is 24.2. The van der Waals surface area contributed by atoms with Crippen molar-refractivity contribution in [3.8, 4) is 0 Å². The monoisotopic (exact) mass is 497 g/mol. The van der Waals surface area contributed by atoms with Gasteiger partial charge >= 0.3 is 0 Å². The molecule has 1 aliphatic carbocycles. The molecule has 2 saturated heterocycles. The van der Waals surface area contributed by atoms with Gasteiger partial charge in [0.15, 0.2) is 0 Å². The Bertz CT molecular complexity index is 1060. The van der Waals surface area contributed by atoms with Gasteiger partial charge in [-0.15, -0.1) is 11.3 Å². The van der Waals surface area contributed by atoms with Crippen LogP contribution in [0, 0.1) is 12.8 Å². The van der Waals surface area contributed by atoms with Crippen molar-refractivity contribution >= 4 is 33.3 Å². The molecule has 0 aromatic carbocycles. The van der Waals surface area contributed by atoms with Gasteiger partial charge in [0.2, 0.25) is 0 Å². The molecule has 2 fully saturated rings. The molecule has 190 valence electrons. The molecule has 2 N–H and O–H groups in total. The van der Waals surface area contributed by atoms with Crippen molar-refractivity contribution in [2.45, 2.75) is 70.8 Å². The minimum atomic E-state index is 0.133. The summed E-state index contributed by atoms with van der Waals surface area (Å²) in [6.45, 7) is 6.90. The topological polar surface area (TPSA) is 81.6 Å². The lowest BCUT2D eigenvalue weighted by Gasteiger charge is -2.42. The number of aryl methyl sites for hydroxylation is 1. The Morgan fingerprint density at radius 2 is 2.03 bits per heavy atom. The van der Waals surface area contributed by atoms with Crippen molar-refractivity contribution in [3.05, 3.63) is 28.4 Å². The number of aliphatic hydroxyl groups is 1. The quantitative estimate of drug-likeness (QED) is 0.544. The van der Waals surface area contributed by atoms with Crippen molar-refractivity contribution < 1.29 is 9.90 Å². The molecule has 5 rings (SSSR count). The highest BCUT2D eigenvalue weighted by atomic mass is 32.1. The van der Waals surface area contributed by atoms with E-state index in [0.717, 1.165) is 84.9 Å². The summed E-state index contributed by atoms with van der Waals surface area (Å²) in [7, 11) is 0. The van der Waals surface area contributed by atoms with Crippen LogP contribution in [0.15, 0.2) is 18.0 Å². The van der Waals surface area contributed by atoms with Crippen LogP contribution in [-0.2, 0) is 0 Å². The standard InChI is InChI=1S/C27H39N5O2S/c1-19-23-25(28-12-9-20-6-3-2-4-7-20)29-18-30-26(23)35-24(19)27(34)31-14-10-22(11-15-31)32-13-5-8-21(16-32)17-33/h6,18,21-22,33H,2-5,7-17H2,1H3,(H,28,29,30)/t21-/m1/s1. The number of carbonyl (C=O) groups excluding carboxylic acids is 1. The van der Waals surface area contributed by atoms with Gasteiger partial charge in [0.25, 0.3) is 5.91 Å². The summed E-state index contributed by atoms with van der Waals surface area (Å²) in [6.07, 6.45) is 14.4. The Morgan fingerprint density at radius 1 is 1.17 bits per heavy atom. The number of anilines is 1.